The van der Waals surface area contributed by atoms with Crippen LogP contribution in [0.2, 0.25) is 0 Å². The number of hydrogen-bond acceptors (Lipinski definition) is 9. The summed E-state index contributed by atoms with van der Waals surface area (Å²) in [5.41, 5.74) is 43.7. The lowest BCUT2D eigenvalue weighted by Crippen LogP contribution is -2.08. The molecule has 4 heterocycles. The summed E-state index contributed by atoms with van der Waals surface area (Å²) in [7, 11) is 0. The lowest BCUT2D eigenvalue weighted by Gasteiger charge is -2.20. The van der Waals surface area contributed by atoms with E-state index in [2.05, 4.69) is 247 Å². The molecule has 0 saturated heterocycles. The molecule has 11 aromatic carbocycles. The van der Waals surface area contributed by atoms with E-state index in [-0.39, 0.29) is 7.43 Å². The van der Waals surface area contributed by atoms with Gasteiger partial charge < -0.3 is 0 Å². The smallest absolute Gasteiger partial charge is 0.122 e. The predicted molar refractivity (Wildman–Crippen MR) is 417 cm³/mol. The van der Waals surface area contributed by atoms with Crippen LogP contribution in [-0.4, -0.2) is 60.0 Å². The first-order valence-electron chi connectivity index (χ1n) is 34.1. The molecule has 18 rings (SSSR count). The first kappa shape index (κ1) is 67.6. The van der Waals surface area contributed by atoms with Crippen molar-refractivity contribution in [2.75, 3.05) is 0 Å². The average Bonchev–Trinajstić information content (AvgIpc) is 1.52. The molecule has 0 unspecified atom stereocenters. The zero-order valence-electron chi connectivity index (χ0n) is 58.7. The van der Waals surface area contributed by atoms with E-state index in [9.17, 15) is 0 Å². The van der Waals surface area contributed by atoms with Crippen molar-refractivity contribution in [1.29, 1.82) is 0 Å². The van der Waals surface area contributed by atoms with E-state index < -0.39 is 0 Å². The molecule has 3 aliphatic carbocycles. The van der Waals surface area contributed by atoms with E-state index in [1.807, 2.05) is 111 Å². The van der Waals surface area contributed by atoms with Gasteiger partial charge in [-0.15, -0.1) is 20.4 Å². The van der Waals surface area contributed by atoms with E-state index >= 15 is 0 Å². The van der Waals surface area contributed by atoms with Crippen LogP contribution < -0.4 is 0 Å². The molecule has 15 nitrogen and oxygen atoms in total. The first-order chi connectivity index (χ1) is 50.3. The van der Waals surface area contributed by atoms with Crippen LogP contribution in [0.15, 0.2) is 242 Å². The fraction of sp³-hybridized carbons (Fsp3) is 0.124. The van der Waals surface area contributed by atoms with Crippen molar-refractivity contribution in [3.63, 3.8) is 0 Å². The average molecular weight is 1350 g/mol. The molecule has 0 amide bonds. The molecule has 15 heteroatoms. The summed E-state index contributed by atoms with van der Waals surface area (Å²) in [4.78, 5) is 2.75. The molecule has 0 fully saturated rings. The van der Waals surface area contributed by atoms with Crippen molar-refractivity contribution in [2.45, 2.75) is 76.7 Å². The largest absolute Gasteiger partial charge is 0.212 e. The van der Waals surface area contributed by atoms with Gasteiger partial charge in [-0.25, -0.2) is 18.7 Å². The molecule has 0 saturated carbocycles. The summed E-state index contributed by atoms with van der Waals surface area (Å²) in [5.74, 6) is 12.7. The van der Waals surface area contributed by atoms with Gasteiger partial charge in [0.15, 0.2) is 0 Å². The van der Waals surface area contributed by atoms with Crippen molar-refractivity contribution in [3.05, 3.63) is 325 Å². The van der Waals surface area contributed by atoms with Crippen LogP contribution >= 0.6 is 0 Å². The second-order valence-corrected chi connectivity index (χ2v) is 26.0. The monoisotopic (exact) mass is 1350 g/mol. The number of azide groups is 1. The van der Waals surface area contributed by atoms with Gasteiger partial charge in [0.05, 0.1) is 22.7 Å². The number of benzene rings is 11. The van der Waals surface area contributed by atoms with Gasteiger partial charge in [-0.1, -0.05) is 269 Å². The Morgan fingerprint density at radius 2 is 0.452 bits per heavy atom. The summed E-state index contributed by atoms with van der Waals surface area (Å²) in [5, 5.41) is 41.8. The second-order valence-electron chi connectivity index (χ2n) is 26.0. The summed E-state index contributed by atoms with van der Waals surface area (Å²) in [6.45, 7) is 20.8. The normalized spacial score (nSPS) is 11.1. The highest BCUT2D eigenvalue weighted by Crippen LogP contribution is 2.50. The van der Waals surface area contributed by atoms with E-state index in [0.717, 1.165) is 196 Å². The highest BCUT2D eigenvalue weighted by atomic mass is 15.5. The van der Waals surface area contributed by atoms with Crippen molar-refractivity contribution < 1.29 is 0 Å². The van der Waals surface area contributed by atoms with Crippen LogP contribution in [0.25, 0.3) is 123 Å². The van der Waals surface area contributed by atoms with Gasteiger partial charge >= 0.3 is 0 Å². The zero-order valence-corrected chi connectivity index (χ0v) is 58.7. The molecule has 0 atom stereocenters. The van der Waals surface area contributed by atoms with Gasteiger partial charge in [0.25, 0.3) is 0 Å². The van der Waals surface area contributed by atoms with Crippen molar-refractivity contribution >= 4 is 5.69 Å². The van der Waals surface area contributed by atoms with Gasteiger partial charge in [0.1, 0.15) is 45.6 Å². The molecule has 0 aliphatic heterocycles. The maximum atomic E-state index is 8.23. The molecule has 0 bridgehead atoms. The topological polar surface area (TPSA) is 172 Å². The van der Waals surface area contributed by atoms with E-state index in [1.165, 1.54) is 0 Å². The molecule has 0 radical (unpaired) electrons. The Labute approximate surface area is 605 Å². The fourth-order valence-electron chi connectivity index (χ4n) is 14.3. The molecular weight excluding hydrogens is 1280 g/mol. The quantitative estimate of drug-likeness (QED) is 0.0709. The van der Waals surface area contributed by atoms with E-state index in [0.29, 0.717) is 0 Å². The standard InChI is InChI=1S/2C32H26N6.C16H8.C8H9N3.CH4/c1-19-11-9-12-20(2)29(19)37-31-25-17-7-5-15-23(25)28-32(26-18-8-6-16-24(26)27(31)33-35-37)38(36-34-28)30-21(3)13-10-14-22(30)4;1-19-11-9-12-20(2)29(19)37-31-25-17-7-8-18-26(25)32-28(24-16-6-5-15-23(24)27(31)33-35-37)34-36-38(32)30-21(3)13-10-14-22(30)4;1-2-6-14-11-12-16-8-4-3-7-15(16)10-9-13(14)5-1;1-6-4-3-5-7(2)8(6)10-11-9;/h2*5-18H,1-4H3;1-8H;3-5H,1-2H3;1H4. The predicted octanol–water partition coefficient (Wildman–Crippen LogP) is 20.8. The summed E-state index contributed by atoms with van der Waals surface area (Å²) >= 11 is 0. The third-order valence-corrected chi connectivity index (χ3v) is 19.1. The van der Waals surface area contributed by atoms with Crippen molar-refractivity contribution in [3.8, 4) is 136 Å². The number of para-hydroxylation sites is 4. The molecule has 3 aliphatic rings. The Balaban J connectivity index is 0.000000129. The molecule has 0 spiro atoms. The number of fused-ring (bicyclic) bond motifs is 18. The van der Waals surface area contributed by atoms with Gasteiger partial charge in [0, 0.05) is 77.4 Å². The molecular formula is C89H73N15. The molecule has 4 aromatic heterocycles. The van der Waals surface area contributed by atoms with Crippen LogP contribution in [0, 0.1) is 92.9 Å². The number of nitrogens with zero attached hydrogens (tertiary/aromatic N) is 15. The Kier molecular flexibility index (Phi) is 18.6. The minimum absolute atomic E-state index is 0. The van der Waals surface area contributed by atoms with Crippen LogP contribution in [-0.2, 0) is 0 Å². The minimum Gasteiger partial charge on any atom is -0.212 e. The number of aromatic nitrogens is 12. The Morgan fingerprint density at radius 1 is 0.260 bits per heavy atom. The van der Waals surface area contributed by atoms with Gasteiger partial charge in [-0.05, 0) is 155 Å². The van der Waals surface area contributed by atoms with Crippen molar-refractivity contribution in [1.82, 2.24) is 60.0 Å². The van der Waals surface area contributed by atoms with Crippen LogP contribution in [0.1, 0.15) is 85.3 Å². The molecule has 15 aromatic rings. The molecule has 504 valence electrons. The van der Waals surface area contributed by atoms with Crippen LogP contribution in [0.5, 0.6) is 0 Å². The maximum absolute atomic E-state index is 8.23. The van der Waals surface area contributed by atoms with Crippen molar-refractivity contribution in [2.24, 2.45) is 5.11 Å². The third kappa shape index (κ3) is 12.2. The highest BCUT2D eigenvalue weighted by Gasteiger charge is 2.34. The Bertz CT molecular complexity index is 5570. The SMILES string of the molecule is C.C1#Cc2ccccc2C#Cc2ccccc21.Cc1cccc(C)c1-n1nnc2c1-c1ccccc1-c1c(nnn1-c1c(C)cccc1C)-c1ccccc1-2.Cc1cccc(C)c1-n1nnc2c1-c1ccccc1-c1nnn(-c3c(C)cccc3C)c1-c1ccccc1-2.Cc1cccc(C)c1N=[N+]=[N-]. The van der Waals surface area contributed by atoms with E-state index in [4.69, 9.17) is 46.8 Å². The van der Waals surface area contributed by atoms with Gasteiger partial charge in [-0.3, -0.25) is 0 Å². The highest BCUT2D eigenvalue weighted by molar-refractivity contribution is 6.01. The lowest BCUT2D eigenvalue weighted by atomic mass is 9.89. The Morgan fingerprint density at radius 3 is 0.683 bits per heavy atom. The summed E-state index contributed by atoms with van der Waals surface area (Å²) in [6.07, 6.45) is 0. The first-order valence-corrected chi connectivity index (χ1v) is 34.1. The minimum atomic E-state index is 0. The number of rotatable bonds is 5. The lowest BCUT2D eigenvalue weighted by molar-refractivity contribution is 0.795. The summed E-state index contributed by atoms with van der Waals surface area (Å²) in [6, 6.07) is 80.6. The fourth-order valence-corrected chi connectivity index (χ4v) is 14.3. The van der Waals surface area contributed by atoms with Crippen LogP contribution in [0.4, 0.5) is 5.69 Å². The Hall–Kier alpha value is -13.6. The van der Waals surface area contributed by atoms with Gasteiger partial charge in [0.2, 0.25) is 0 Å². The second kappa shape index (κ2) is 28.6. The zero-order chi connectivity index (χ0) is 71.0. The maximum Gasteiger partial charge on any atom is 0.122 e. The van der Waals surface area contributed by atoms with Crippen LogP contribution in [0.3, 0.4) is 0 Å². The third-order valence-electron chi connectivity index (χ3n) is 19.1. The number of hydrogen-bond donors (Lipinski definition) is 0. The van der Waals surface area contributed by atoms with Gasteiger partial charge in [-0.2, -0.15) is 0 Å². The van der Waals surface area contributed by atoms with E-state index in [1.54, 1.807) is 0 Å². The molecule has 104 heavy (non-hydrogen) atoms. The molecule has 0 N–H and O–H groups in total. The number of aryl methyl sites for hydroxylation is 10. The summed E-state index contributed by atoms with van der Waals surface area (Å²) < 4.78 is 8.01.